The molecule has 0 spiro atoms. The summed E-state index contributed by atoms with van der Waals surface area (Å²) in [4.78, 5) is 94.3. The molecular formula is C36H38Cl4N4O12. The van der Waals surface area contributed by atoms with Crippen molar-refractivity contribution < 1.29 is 57.3 Å². The number of esters is 2. The van der Waals surface area contributed by atoms with E-state index < -0.39 is 75.3 Å². The van der Waals surface area contributed by atoms with Gasteiger partial charge in [0.2, 0.25) is 11.8 Å². The predicted octanol–water partition coefficient (Wildman–Crippen LogP) is 3.27. The van der Waals surface area contributed by atoms with Crippen LogP contribution in [0.5, 0.6) is 23.0 Å². The van der Waals surface area contributed by atoms with Gasteiger partial charge in [-0.25, -0.2) is 9.59 Å². The van der Waals surface area contributed by atoms with Gasteiger partial charge in [-0.1, -0.05) is 70.7 Å². The lowest BCUT2D eigenvalue weighted by Crippen LogP contribution is -2.45. The van der Waals surface area contributed by atoms with Crippen molar-refractivity contribution in [3.8, 4) is 23.0 Å². The highest BCUT2D eigenvalue weighted by Crippen LogP contribution is 2.30. The molecule has 0 bridgehead atoms. The number of carbonyl (C=O) groups excluding carboxylic acids is 8. The van der Waals surface area contributed by atoms with Gasteiger partial charge < -0.3 is 41.0 Å². The van der Waals surface area contributed by atoms with Crippen molar-refractivity contribution in [3.05, 3.63) is 59.7 Å². The van der Waals surface area contributed by atoms with Crippen LogP contribution in [-0.2, 0) is 38.4 Å². The van der Waals surface area contributed by atoms with Crippen LogP contribution in [0.2, 0.25) is 0 Å². The molecule has 2 aromatic carbocycles. The lowest BCUT2D eigenvalue weighted by Gasteiger charge is -2.18. The Hall–Kier alpha value is -5.16. The van der Waals surface area contributed by atoms with Crippen molar-refractivity contribution in [2.24, 2.45) is 11.5 Å². The first kappa shape index (κ1) is 47.0. The number of alkyl halides is 4. The molecule has 6 N–H and O–H groups in total. The van der Waals surface area contributed by atoms with Crippen molar-refractivity contribution >= 4 is 106 Å². The maximum Gasteiger partial charge on any atom is 0.334 e. The summed E-state index contributed by atoms with van der Waals surface area (Å²) in [5.74, 6) is -5.82. The molecule has 0 aliphatic heterocycles. The fourth-order valence-electron chi connectivity index (χ4n) is 4.51. The van der Waals surface area contributed by atoms with Gasteiger partial charge in [-0.15, -0.1) is 0 Å². The number of methoxy groups -OCH3 is 2. The number of allylic oxidation sites excluding steroid dienone is 2. The number of halogens is 4. The first-order chi connectivity index (χ1) is 26.4. The van der Waals surface area contributed by atoms with Crippen LogP contribution < -0.4 is 41.0 Å². The molecule has 0 aromatic heterocycles. The predicted molar refractivity (Wildman–Crippen MR) is 206 cm³/mol. The number of rotatable bonds is 23. The van der Waals surface area contributed by atoms with Gasteiger partial charge in [0.15, 0.2) is 44.2 Å². The molecular weight excluding hydrogens is 822 g/mol. The van der Waals surface area contributed by atoms with E-state index in [0.29, 0.717) is 11.1 Å². The Morgan fingerprint density at radius 1 is 0.625 bits per heavy atom. The second kappa shape index (κ2) is 23.7. The number of amides is 4. The van der Waals surface area contributed by atoms with E-state index >= 15 is 0 Å². The van der Waals surface area contributed by atoms with Crippen LogP contribution in [0.25, 0.3) is 12.2 Å². The SMILES string of the molecule is COc1cc(/C=C/C(=O)CC(=O)/C=C/c2ccc(OC(=O)[C@H](CCC(N)=O)NC(=O)C(Cl)Cl)c(OC)c2)ccc1OC(=O)[C@H](CCCC(N)=O)NC(=O)C(Cl)Cl. The van der Waals surface area contributed by atoms with Crippen LogP contribution in [-0.4, -0.2) is 83.1 Å². The zero-order chi connectivity index (χ0) is 41.9. The molecule has 2 aromatic rings. The molecule has 0 heterocycles. The second-order valence-electron chi connectivity index (χ2n) is 11.5. The fraction of sp³-hybridized carbons (Fsp3) is 0.333. The minimum Gasteiger partial charge on any atom is -0.493 e. The third-order valence-electron chi connectivity index (χ3n) is 7.26. The molecule has 16 nitrogen and oxygen atoms in total. The molecule has 0 radical (unpaired) electrons. The van der Waals surface area contributed by atoms with Crippen LogP contribution in [0.4, 0.5) is 0 Å². The number of carbonyl (C=O) groups is 8. The topological polar surface area (TPSA) is 250 Å². The normalized spacial score (nSPS) is 12.2. The van der Waals surface area contributed by atoms with E-state index in [-0.39, 0.29) is 55.1 Å². The van der Waals surface area contributed by atoms with Crippen molar-refractivity contribution in [1.82, 2.24) is 10.6 Å². The second-order valence-corrected chi connectivity index (χ2v) is 13.7. The molecule has 4 amide bonds. The highest BCUT2D eigenvalue weighted by atomic mass is 35.5. The number of nitrogens with one attached hydrogen (secondary N) is 2. The maximum atomic E-state index is 12.9. The maximum absolute atomic E-state index is 12.9. The van der Waals surface area contributed by atoms with Crippen LogP contribution in [0.3, 0.4) is 0 Å². The largest absolute Gasteiger partial charge is 0.493 e. The third kappa shape index (κ3) is 16.7. The van der Waals surface area contributed by atoms with Gasteiger partial charge in [0.05, 0.1) is 20.6 Å². The lowest BCUT2D eigenvalue weighted by molar-refractivity contribution is -0.139. The van der Waals surface area contributed by atoms with Crippen molar-refractivity contribution in [2.45, 2.75) is 60.3 Å². The molecule has 0 fully saturated rings. The number of hydrogen-bond acceptors (Lipinski definition) is 12. The van der Waals surface area contributed by atoms with E-state index in [4.69, 9.17) is 76.8 Å². The monoisotopic (exact) mass is 858 g/mol. The molecule has 2 rings (SSSR count). The number of ketones is 2. The van der Waals surface area contributed by atoms with E-state index in [0.717, 1.165) is 0 Å². The number of ether oxygens (including phenoxy) is 4. The quantitative estimate of drug-likeness (QED) is 0.0413. The van der Waals surface area contributed by atoms with Crippen LogP contribution in [0.1, 0.15) is 49.7 Å². The number of primary amides is 2. The van der Waals surface area contributed by atoms with E-state index in [2.05, 4.69) is 10.6 Å². The van der Waals surface area contributed by atoms with Crippen LogP contribution in [0.15, 0.2) is 48.6 Å². The first-order valence-electron chi connectivity index (χ1n) is 16.4. The van der Waals surface area contributed by atoms with Gasteiger partial charge in [0.25, 0.3) is 11.8 Å². The Bertz CT molecular complexity index is 1850. The Morgan fingerprint density at radius 2 is 1.04 bits per heavy atom. The molecule has 0 aliphatic carbocycles. The van der Waals surface area contributed by atoms with Gasteiger partial charge in [-0.2, -0.15) is 0 Å². The van der Waals surface area contributed by atoms with E-state index in [9.17, 15) is 38.4 Å². The van der Waals surface area contributed by atoms with E-state index in [1.165, 1.54) is 74.9 Å². The van der Waals surface area contributed by atoms with Gasteiger partial charge >= 0.3 is 11.9 Å². The molecule has 0 saturated carbocycles. The molecule has 56 heavy (non-hydrogen) atoms. The zero-order valence-electron chi connectivity index (χ0n) is 29.9. The summed E-state index contributed by atoms with van der Waals surface area (Å²) in [5, 5.41) is 4.64. The summed E-state index contributed by atoms with van der Waals surface area (Å²) in [7, 11) is 2.62. The Kier molecular flexibility index (Phi) is 19.9. The Balaban J connectivity index is 2.07. The number of hydrogen-bond donors (Lipinski definition) is 4. The summed E-state index contributed by atoms with van der Waals surface area (Å²) in [6, 6.07) is 6.15. The summed E-state index contributed by atoms with van der Waals surface area (Å²) in [5.41, 5.74) is 11.2. The third-order valence-corrected chi connectivity index (χ3v) is 8.05. The van der Waals surface area contributed by atoms with Gasteiger partial charge in [0, 0.05) is 12.8 Å². The summed E-state index contributed by atoms with van der Waals surface area (Å²) in [6.07, 6.45) is 4.39. The summed E-state index contributed by atoms with van der Waals surface area (Å²) >= 11 is 22.3. The van der Waals surface area contributed by atoms with Gasteiger partial charge in [-0.3, -0.25) is 28.8 Å². The smallest absolute Gasteiger partial charge is 0.334 e. The molecule has 0 unspecified atom stereocenters. The fourth-order valence-corrected chi connectivity index (χ4v) is 4.76. The van der Waals surface area contributed by atoms with Gasteiger partial charge in [0.1, 0.15) is 12.1 Å². The van der Waals surface area contributed by atoms with Crippen molar-refractivity contribution in [2.75, 3.05) is 14.2 Å². The van der Waals surface area contributed by atoms with Crippen LogP contribution >= 0.6 is 46.4 Å². The highest BCUT2D eigenvalue weighted by Gasteiger charge is 2.28. The standard InChI is InChI=1S/C36H38Cl4N4O12/c1-53-27-16-19(8-13-25(27)55-35(51)23(4-3-5-29(41)47)43-33(49)31(37)38)6-10-21(45)18-22(46)11-7-20-9-14-26(28(17-20)54-2)56-36(52)24(12-15-30(42)48)44-34(50)32(39)40/h6-11,13-14,16-17,23-24,31-32H,3-5,12,15,18H2,1-2H3,(H2,41,47)(H2,42,48)(H,43,49)(H,44,50)/b10-6+,11-7+/t23-,24-/m0/s1. The molecule has 20 heteroatoms. The first-order valence-corrected chi connectivity index (χ1v) is 18.1. The summed E-state index contributed by atoms with van der Waals surface area (Å²) in [6.45, 7) is 0. The van der Waals surface area contributed by atoms with Crippen LogP contribution in [0, 0.1) is 0 Å². The Morgan fingerprint density at radius 3 is 1.41 bits per heavy atom. The van der Waals surface area contributed by atoms with Gasteiger partial charge in [-0.05, 0) is 66.8 Å². The number of benzene rings is 2. The molecule has 0 saturated heterocycles. The summed E-state index contributed by atoms with van der Waals surface area (Å²) < 4.78 is 21.4. The minimum atomic E-state index is -1.48. The lowest BCUT2D eigenvalue weighted by atomic mass is 10.1. The minimum absolute atomic E-state index is 0.00231. The molecule has 302 valence electrons. The zero-order valence-corrected chi connectivity index (χ0v) is 32.9. The van der Waals surface area contributed by atoms with E-state index in [1.54, 1.807) is 0 Å². The van der Waals surface area contributed by atoms with Crippen molar-refractivity contribution in [3.63, 3.8) is 0 Å². The van der Waals surface area contributed by atoms with Crippen molar-refractivity contribution in [1.29, 1.82) is 0 Å². The van der Waals surface area contributed by atoms with E-state index in [1.807, 2.05) is 0 Å². The average Bonchev–Trinajstić information content (AvgIpc) is 3.14. The molecule has 2 atom stereocenters. The molecule has 0 aliphatic rings. The Labute approximate surface area is 341 Å². The number of nitrogens with two attached hydrogens (primary N) is 2. The average molecular weight is 861 g/mol. The highest BCUT2D eigenvalue weighted by molar-refractivity contribution is 6.54.